The number of nitrogens with zero attached hydrogens (tertiary/aromatic N) is 1. The van der Waals surface area contributed by atoms with Gasteiger partial charge in [0, 0.05) is 31.5 Å². The number of nitrogens with one attached hydrogen (secondary N) is 1. The Labute approximate surface area is 180 Å². The summed E-state index contributed by atoms with van der Waals surface area (Å²) in [5.74, 6) is 1.27. The fourth-order valence-corrected chi connectivity index (χ4v) is 3.91. The van der Waals surface area contributed by atoms with Crippen LogP contribution in [-0.4, -0.2) is 35.6 Å². The van der Waals surface area contributed by atoms with Crippen molar-refractivity contribution in [3.05, 3.63) is 69.7 Å². The van der Waals surface area contributed by atoms with Gasteiger partial charge in [0.25, 0.3) is 0 Å². The first kappa shape index (κ1) is 22.6. The Balaban J connectivity index is 1.99. The van der Waals surface area contributed by atoms with Crippen LogP contribution in [0.1, 0.15) is 24.5 Å². The lowest BCUT2D eigenvalue weighted by Gasteiger charge is -2.28. The average Bonchev–Trinajstić information content (AvgIpc) is 2.71. The van der Waals surface area contributed by atoms with Gasteiger partial charge in [0.1, 0.15) is 6.04 Å². The minimum Gasteiger partial charge on any atom is -0.357 e. The van der Waals surface area contributed by atoms with Crippen molar-refractivity contribution < 1.29 is 9.59 Å². The van der Waals surface area contributed by atoms with E-state index in [4.69, 9.17) is 23.2 Å². The zero-order valence-electron chi connectivity index (χ0n) is 16.0. The molecular formula is C21H24Cl2N2O2S. The van der Waals surface area contributed by atoms with Crippen LogP contribution >= 0.6 is 35.0 Å². The predicted molar refractivity (Wildman–Crippen MR) is 118 cm³/mol. The lowest BCUT2D eigenvalue weighted by molar-refractivity contribution is -0.140. The Bertz CT molecular complexity index is 802. The molecule has 4 nitrogen and oxygen atoms in total. The van der Waals surface area contributed by atoms with Crippen molar-refractivity contribution in [3.63, 3.8) is 0 Å². The van der Waals surface area contributed by atoms with E-state index in [0.29, 0.717) is 28.8 Å². The number of rotatable bonds is 9. The van der Waals surface area contributed by atoms with E-state index in [9.17, 15) is 9.59 Å². The molecule has 2 rings (SSSR count). The van der Waals surface area contributed by atoms with Crippen molar-refractivity contribution in [1.29, 1.82) is 0 Å². The normalized spacial score (nSPS) is 11.7. The topological polar surface area (TPSA) is 49.4 Å². The minimum absolute atomic E-state index is 0.0669. The van der Waals surface area contributed by atoms with Crippen LogP contribution in [0.2, 0.25) is 10.0 Å². The maximum Gasteiger partial charge on any atom is 0.242 e. The number of amides is 2. The second kappa shape index (κ2) is 11.3. The molecule has 0 bridgehead atoms. The summed E-state index contributed by atoms with van der Waals surface area (Å²) in [7, 11) is 1.57. The molecule has 0 spiro atoms. The molecule has 0 radical (unpaired) electrons. The summed E-state index contributed by atoms with van der Waals surface area (Å²) < 4.78 is 0. The van der Waals surface area contributed by atoms with E-state index < -0.39 is 6.04 Å². The molecule has 2 amide bonds. The highest BCUT2D eigenvalue weighted by atomic mass is 35.5. The van der Waals surface area contributed by atoms with Crippen LogP contribution in [0.3, 0.4) is 0 Å². The van der Waals surface area contributed by atoms with E-state index in [0.717, 1.165) is 11.3 Å². The van der Waals surface area contributed by atoms with Crippen LogP contribution in [0.4, 0.5) is 0 Å². The number of carbonyl (C=O) groups excluding carboxylic acids is 2. The Kier molecular flexibility index (Phi) is 9.16. The fraction of sp³-hybridized carbons (Fsp3) is 0.333. The van der Waals surface area contributed by atoms with Crippen LogP contribution in [0, 0.1) is 0 Å². The van der Waals surface area contributed by atoms with Crippen LogP contribution < -0.4 is 5.32 Å². The Morgan fingerprint density at radius 3 is 2.43 bits per heavy atom. The molecule has 28 heavy (non-hydrogen) atoms. The van der Waals surface area contributed by atoms with E-state index in [2.05, 4.69) is 17.4 Å². The van der Waals surface area contributed by atoms with Crippen LogP contribution in [0.5, 0.6) is 0 Å². The van der Waals surface area contributed by atoms with E-state index in [1.807, 2.05) is 24.3 Å². The van der Waals surface area contributed by atoms with Gasteiger partial charge in [-0.1, -0.05) is 59.6 Å². The van der Waals surface area contributed by atoms with Gasteiger partial charge >= 0.3 is 0 Å². The van der Waals surface area contributed by atoms with Gasteiger partial charge in [-0.25, -0.2) is 0 Å². The molecule has 0 aliphatic heterocycles. The minimum atomic E-state index is -0.578. The summed E-state index contributed by atoms with van der Waals surface area (Å²) in [5, 5.41) is 3.50. The maximum absolute atomic E-state index is 12.8. The van der Waals surface area contributed by atoms with E-state index >= 15 is 0 Å². The van der Waals surface area contributed by atoms with Gasteiger partial charge in [-0.05, 0) is 30.2 Å². The Morgan fingerprint density at radius 1 is 1.07 bits per heavy atom. The Morgan fingerprint density at radius 2 is 1.79 bits per heavy atom. The molecule has 0 aromatic heterocycles. The molecule has 1 N–H and O–H groups in total. The zero-order valence-corrected chi connectivity index (χ0v) is 18.3. The number of thioether (sulfide) groups is 1. The van der Waals surface area contributed by atoms with Crippen molar-refractivity contribution in [2.45, 2.75) is 31.7 Å². The number of hydrogen-bond acceptors (Lipinski definition) is 3. The van der Waals surface area contributed by atoms with Gasteiger partial charge in [0.2, 0.25) is 11.8 Å². The molecular weight excluding hydrogens is 415 g/mol. The highest BCUT2D eigenvalue weighted by Crippen LogP contribution is 2.24. The van der Waals surface area contributed by atoms with Gasteiger partial charge in [0.05, 0.1) is 10.0 Å². The summed E-state index contributed by atoms with van der Waals surface area (Å²) in [6.07, 6.45) is 0.361. The summed E-state index contributed by atoms with van der Waals surface area (Å²) in [4.78, 5) is 26.6. The highest BCUT2D eigenvalue weighted by molar-refractivity contribution is 7.98. The van der Waals surface area contributed by atoms with E-state index in [-0.39, 0.29) is 11.8 Å². The monoisotopic (exact) mass is 438 g/mol. The molecule has 0 unspecified atom stereocenters. The average molecular weight is 439 g/mol. The first-order chi connectivity index (χ1) is 13.4. The molecule has 0 aliphatic rings. The summed E-state index contributed by atoms with van der Waals surface area (Å²) >= 11 is 13.8. The van der Waals surface area contributed by atoms with Crippen molar-refractivity contribution in [3.8, 4) is 0 Å². The largest absolute Gasteiger partial charge is 0.357 e. The lowest BCUT2D eigenvalue weighted by Crippen LogP contribution is -2.46. The zero-order chi connectivity index (χ0) is 20.5. The second-order valence-electron chi connectivity index (χ2n) is 6.35. The van der Waals surface area contributed by atoms with Crippen molar-refractivity contribution in [2.24, 2.45) is 0 Å². The van der Waals surface area contributed by atoms with Gasteiger partial charge in [-0.2, -0.15) is 11.8 Å². The number of likely N-dealkylation sites (N-methyl/N-ethyl adjacent to an activating group) is 1. The van der Waals surface area contributed by atoms with Crippen molar-refractivity contribution in [2.75, 3.05) is 12.8 Å². The molecule has 7 heteroatoms. The van der Waals surface area contributed by atoms with Crippen LogP contribution in [0.25, 0.3) is 0 Å². The van der Waals surface area contributed by atoms with Gasteiger partial charge in [-0.15, -0.1) is 0 Å². The number of halogens is 2. The third-order valence-corrected chi connectivity index (χ3v) is 6.09. The lowest BCUT2D eigenvalue weighted by atomic mass is 10.1. The number of carbonyl (C=O) groups is 2. The quantitative estimate of drug-likeness (QED) is 0.572. The molecule has 2 aromatic rings. The van der Waals surface area contributed by atoms with Gasteiger partial charge < -0.3 is 10.2 Å². The van der Waals surface area contributed by atoms with Crippen molar-refractivity contribution >= 4 is 46.8 Å². The van der Waals surface area contributed by atoms with Crippen molar-refractivity contribution in [1.82, 2.24) is 10.2 Å². The smallest absolute Gasteiger partial charge is 0.242 e. The molecule has 0 saturated carbocycles. The van der Waals surface area contributed by atoms with Crippen LogP contribution in [0.15, 0.2) is 48.5 Å². The van der Waals surface area contributed by atoms with Gasteiger partial charge in [0.15, 0.2) is 0 Å². The SMILES string of the molecule is CNC(=O)[C@H](C)N(Cc1ccc(Cl)c(Cl)c1)C(=O)CCSCc1ccccc1. The first-order valence-electron chi connectivity index (χ1n) is 8.99. The summed E-state index contributed by atoms with van der Waals surface area (Å²) in [6.45, 7) is 2.03. The van der Waals surface area contributed by atoms with Gasteiger partial charge in [-0.3, -0.25) is 9.59 Å². The van der Waals surface area contributed by atoms with E-state index in [1.54, 1.807) is 42.8 Å². The molecule has 2 aromatic carbocycles. The highest BCUT2D eigenvalue weighted by Gasteiger charge is 2.25. The Hall–Kier alpha value is -1.69. The molecule has 0 aliphatic carbocycles. The summed E-state index contributed by atoms with van der Waals surface area (Å²) in [5.41, 5.74) is 2.06. The van der Waals surface area contributed by atoms with E-state index in [1.165, 1.54) is 5.56 Å². The second-order valence-corrected chi connectivity index (χ2v) is 8.27. The predicted octanol–water partition coefficient (Wildman–Crippen LogP) is 4.78. The molecule has 0 fully saturated rings. The molecule has 0 heterocycles. The first-order valence-corrected chi connectivity index (χ1v) is 10.9. The number of benzene rings is 2. The third-order valence-electron chi connectivity index (χ3n) is 4.32. The number of hydrogen-bond donors (Lipinski definition) is 1. The molecule has 0 saturated heterocycles. The standard InChI is InChI=1S/C21H24Cl2N2O2S/c1-15(21(27)24-2)25(13-17-8-9-18(22)19(23)12-17)20(26)10-11-28-14-16-6-4-3-5-7-16/h3-9,12,15H,10-11,13-14H2,1-2H3,(H,24,27)/t15-/m0/s1. The van der Waals surface area contributed by atoms with Crippen LogP contribution in [-0.2, 0) is 21.9 Å². The molecule has 150 valence electrons. The molecule has 1 atom stereocenters. The fourth-order valence-electron chi connectivity index (χ4n) is 2.69. The maximum atomic E-state index is 12.8. The third kappa shape index (κ3) is 6.73. The summed E-state index contributed by atoms with van der Waals surface area (Å²) in [6, 6.07) is 14.8.